The van der Waals surface area contributed by atoms with Crippen LogP contribution in [0.15, 0.2) is 0 Å². The van der Waals surface area contributed by atoms with Crippen molar-refractivity contribution < 1.29 is 10.2 Å². The molecule has 0 aromatic carbocycles. The van der Waals surface area contributed by atoms with E-state index in [9.17, 15) is 10.2 Å². The van der Waals surface area contributed by atoms with Crippen LogP contribution in [0.3, 0.4) is 0 Å². The molecule has 3 rings (SSSR count). The highest BCUT2D eigenvalue weighted by Crippen LogP contribution is 2.81. The molecule has 2 nitrogen and oxygen atoms in total. The summed E-state index contributed by atoms with van der Waals surface area (Å²) in [7, 11) is 0. The van der Waals surface area contributed by atoms with Crippen molar-refractivity contribution in [2.24, 2.45) is 22.7 Å². The van der Waals surface area contributed by atoms with Gasteiger partial charge in [-0.15, -0.1) is 0 Å². The molecular weight excluding hydrogens is 152 g/mol. The summed E-state index contributed by atoms with van der Waals surface area (Å²) >= 11 is 0. The molecule has 2 heteroatoms. The SMILES string of the molecule is OC[C@@]12C[C@]1(CO)[C@@H]1CC[C@H]2C1. The Morgan fingerprint density at radius 2 is 1.50 bits per heavy atom. The van der Waals surface area contributed by atoms with Crippen molar-refractivity contribution >= 4 is 0 Å². The van der Waals surface area contributed by atoms with Gasteiger partial charge < -0.3 is 10.2 Å². The van der Waals surface area contributed by atoms with Gasteiger partial charge in [0.05, 0.1) is 0 Å². The molecule has 3 saturated carbocycles. The van der Waals surface area contributed by atoms with Crippen LogP contribution in [-0.2, 0) is 0 Å². The van der Waals surface area contributed by atoms with Crippen molar-refractivity contribution in [2.75, 3.05) is 13.2 Å². The molecule has 2 bridgehead atoms. The fourth-order valence-corrected chi connectivity index (χ4v) is 4.29. The van der Waals surface area contributed by atoms with Gasteiger partial charge in [-0.05, 0) is 37.5 Å². The third-order valence-corrected chi connectivity index (χ3v) is 5.06. The lowest BCUT2D eigenvalue weighted by Gasteiger charge is -2.26. The van der Waals surface area contributed by atoms with E-state index in [-0.39, 0.29) is 10.8 Å². The first-order valence-electron chi connectivity index (χ1n) is 5.01. The zero-order chi connectivity index (χ0) is 8.40. The van der Waals surface area contributed by atoms with E-state index in [1.807, 2.05) is 0 Å². The molecule has 3 aliphatic carbocycles. The summed E-state index contributed by atoms with van der Waals surface area (Å²) in [5.74, 6) is 1.47. The van der Waals surface area contributed by atoms with Gasteiger partial charge in [0, 0.05) is 24.0 Å². The van der Waals surface area contributed by atoms with Gasteiger partial charge in [-0.25, -0.2) is 0 Å². The van der Waals surface area contributed by atoms with Crippen molar-refractivity contribution in [3.63, 3.8) is 0 Å². The molecule has 0 aliphatic heterocycles. The number of hydrogen-bond acceptors (Lipinski definition) is 2. The smallest absolute Gasteiger partial charge is 0.0496 e. The van der Waals surface area contributed by atoms with Crippen LogP contribution in [0.2, 0.25) is 0 Å². The molecular formula is C10H16O2. The predicted octanol–water partition coefficient (Wildman–Crippen LogP) is 0.777. The third kappa shape index (κ3) is 0.495. The molecule has 68 valence electrons. The molecule has 0 aromatic rings. The monoisotopic (exact) mass is 168 g/mol. The zero-order valence-electron chi connectivity index (χ0n) is 7.29. The van der Waals surface area contributed by atoms with Crippen molar-refractivity contribution in [2.45, 2.75) is 25.7 Å². The quantitative estimate of drug-likeness (QED) is 0.639. The minimum Gasteiger partial charge on any atom is -0.396 e. The van der Waals surface area contributed by atoms with Crippen LogP contribution >= 0.6 is 0 Å². The average molecular weight is 168 g/mol. The summed E-state index contributed by atoms with van der Waals surface area (Å²) in [6, 6.07) is 0. The van der Waals surface area contributed by atoms with Gasteiger partial charge in [-0.2, -0.15) is 0 Å². The first-order valence-corrected chi connectivity index (χ1v) is 5.01. The summed E-state index contributed by atoms with van der Waals surface area (Å²) in [5, 5.41) is 18.7. The van der Waals surface area contributed by atoms with E-state index in [0.717, 1.165) is 18.3 Å². The molecule has 0 radical (unpaired) electrons. The highest BCUT2D eigenvalue weighted by Gasteiger charge is 2.78. The van der Waals surface area contributed by atoms with E-state index in [1.54, 1.807) is 0 Å². The van der Waals surface area contributed by atoms with E-state index in [2.05, 4.69) is 0 Å². The van der Waals surface area contributed by atoms with Gasteiger partial charge in [-0.3, -0.25) is 0 Å². The van der Waals surface area contributed by atoms with E-state index >= 15 is 0 Å². The second-order valence-electron chi connectivity index (χ2n) is 5.01. The lowest BCUT2D eigenvalue weighted by molar-refractivity contribution is 0.0791. The van der Waals surface area contributed by atoms with E-state index in [0.29, 0.717) is 13.2 Å². The molecule has 4 atom stereocenters. The minimum atomic E-state index is 0.171. The first-order chi connectivity index (χ1) is 5.79. The maximum absolute atomic E-state index is 9.37. The minimum absolute atomic E-state index is 0.171. The molecule has 3 fully saturated rings. The molecule has 0 heterocycles. The van der Waals surface area contributed by atoms with Crippen LogP contribution in [0.1, 0.15) is 25.7 Å². The van der Waals surface area contributed by atoms with Gasteiger partial charge in [0.15, 0.2) is 0 Å². The van der Waals surface area contributed by atoms with E-state index in [4.69, 9.17) is 0 Å². The van der Waals surface area contributed by atoms with Crippen LogP contribution in [0.5, 0.6) is 0 Å². The number of hydrogen-bond donors (Lipinski definition) is 2. The molecule has 0 saturated heterocycles. The van der Waals surface area contributed by atoms with Crippen molar-refractivity contribution in [1.29, 1.82) is 0 Å². The fraction of sp³-hybridized carbons (Fsp3) is 1.00. The van der Waals surface area contributed by atoms with Crippen LogP contribution < -0.4 is 0 Å². The second kappa shape index (κ2) is 1.88. The average Bonchev–Trinajstić information content (AvgIpc) is 2.47. The fourth-order valence-electron chi connectivity index (χ4n) is 4.29. The van der Waals surface area contributed by atoms with Crippen LogP contribution in [-0.4, -0.2) is 23.4 Å². The zero-order valence-corrected chi connectivity index (χ0v) is 7.29. The molecule has 0 aromatic heterocycles. The predicted molar refractivity (Wildman–Crippen MR) is 44.5 cm³/mol. The molecule has 0 amide bonds. The Bertz CT molecular complexity index is 206. The summed E-state index contributed by atoms with van der Waals surface area (Å²) in [6.45, 7) is 0.628. The van der Waals surface area contributed by atoms with Crippen LogP contribution in [0.4, 0.5) is 0 Å². The van der Waals surface area contributed by atoms with E-state index < -0.39 is 0 Å². The van der Waals surface area contributed by atoms with Gasteiger partial charge in [0.25, 0.3) is 0 Å². The highest BCUT2D eigenvalue weighted by molar-refractivity contribution is 5.26. The Morgan fingerprint density at radius 1 is 1.00 bits per heavy atom. The van der Waals surface area contributed by atoms with Gasteiger partial charge in [0.1, 0.15) is 0 Å². The van der Waals surface area contributed by atoms with Crippen LogP contribution in [0, 0.1) is 22.7 Å². The highest BCUT2D eigenvalue weighted by atomic mass is 16.3. The maximum Gasteiger partial charge on any atom is 0.0496 e. The first kappa shape index (κ1) is 7.34. The topological polar surface area (TPSA) is 40.5 Å². The standard InChI is InChI=1S/C10H16O2/c11-5-9-4-10(9,6-12)8-2-1-7(9)3-8/h7-8,11-12H,1-6H2/t7-,8+,9+,10-. The Morgan fingerprint density at radius 3 is 1.92 bits per heavy atom. The van der Waals surface area contributed by atoms with Gasteiger partial charge in [-0.1, -0.05) is 0 Å². The van der Waals surface area contributed by atoms with Gasteiger partial charge >= 0.3 is 0 Å². The molecule has 0 spiro atoms. The number of aliphatic hydroxyl groups is 2. The Hall–Kier alpha value is -0.0800. The summed E-state index contributed by atoms with van der Waals surface area (Å²) in [5.41, 5.74) is 0.343. The summed E-state index contributed by atoms with van der Waals surface area (Å²) < 4.78 is 0. The van der Waals surface area contributed by atoms with Crippen molar-refractivity contribution in [1.82, 2.24) is 0 Å². The maximum atomic E-state index is 9.37. The molecule has 12 heavy (non-hydrogen) atoms. The Balaban J connectivity index is 1.99. The number of aliphatic hydroxyl groups excluding tert-OH is 2. The van der Waals surface area contributed by atoms with Gasteiger partial charge in [0.2, 0.25) is 0 Å². The van der Waals surface area contributed by atoms with E-state index in [1.165, 1.54) is 19.3 Å². The Labute approximate surface area is 72.6 Å². The largest absolute Gasteiger partial charge is 0.396 e. The second-order valence-corrected chi connectivity index (χ2v) is 5.01. The number of fused-ring (bicyclic) bond motifs is 5. The molecule has 2 N–H and O–H groups in total. The van der Waals surface area contributed by atoms with Crippen molar-refractivity contribution in [3.05, 3.63) is 0 Å². The lowest BCUT2D eigenvalue weighted by atomic mass is 9.80. The summed E-state index contributed by atoms with van der Waals surface area (Å²) in [4.78, 5) is 0. The van der Waals surface area contributed by atoms with Crippen LogP contribution in [0.25, 0.3) is 0 Å². The lowest BCUT2D eigenvalue weighted by Crippen LogP contribution is -2.27. The normalized spacial score (nSPS) is 60.5. The molecule has 3 aliphatic rings. The number of rotatable bonds is 2. The molecule has 0 unspecified atom stereocenters. The van der Waals surface area contributed by atoms with Crippen molar-refractivity contribution in [3.8, 4) is 0 Å². The Kier molecular flexibility index (Phi) is 1.15. The summed E-state index contributed by atoms with van der Waals surface area (Å²) in [6.07, 6.45) is 4.98. The third-order valence-electron chi connectivity index (χ3n) is 5.06.